The summed E-state index contributed by atoms with van der Waals surface area (Å²) < 4.78 is 1.86. The number of aryl methyl sites for hydroxylation is 2. The number of aromatic nitrogens is 2. The zero-order valence-corrected chi connectivity index (χ0v) is 16.6. The predicted octanol–water partition coefficient (Wildman–Crippen LogP) is 3.71. The Morgan fingerprint density at radius 3 is 2.46 bits per heavy atom. The number of rotatable bonds is 7. The van der Waals surface area contributed by atoms with Crippen LogP contribution in [-0.4, -0.2) is 21.4 Å². The summed E-state index contributed by atoms with van der Waals surface area (Å²) in [5, 5.41) is 5.85. The Labute approximate surface area is 165 Å². The van der Waals surface area contributed by atoms with Crippen molar-refractivity contribution in [3.8, 4) is 0 Å². The van der Waals surface area contributed by atoms with Crippen molar-refractivity contribution in [3.63, 3.8) is 0 Å². The van der Waals surface area contributed by atoms with E-state index < -0.39 is 0 Å². The van der Waals surface area contributed by atoms with Gasteiger partial charge in [-0.05, 0) is 55.7 Å². The molecule has 3 aromatic rings. The summed E-state index contributed by atoms with van der Waals surface area (Å²) in [5.74, 6) is 0.524. The van der Waals surface area contributed by atoms with Crippen molar-refractivity contribution in [2.45, 2.75) is 46.7 Å². The van der Waals surface area contributed by atoms with Crippen LogP contribution in [0.1, 0.15) is 36.7 Å². The molecule has 6 nitrogen and oxygen atoms in total. The Morgan fingerprint density at radius 2 is 1.75 bits per heavy atom. The lowest BCUT2D eigenvalue weighted by molar-refractivity contribution is -0.121. The molecule has 0 spiro atoms. The van der Waals surface area contributed by atoms with Crippen molar-refractivity contribution in [2.75, 3.05) is 5.32 Å². The van der Waals surface area contributed by atoms with Crippen molar-refractivity contribution in [3.05, 3.63) is 59.4 Å². The van der Waals surface area contributed by atoms with Crippen molar-refractivity contribution in [1.29, 1.82) is 0 Å². The maximum atomic E-state index is 12.7. The maximum Gasteiger partial charge on any atom is 0.244 e. The highest BCUT2D eigenvalue weighted by Gasteiger charge is 2.14. The van der Waals surface area contributed by atoms with Gasteiger partial charge in [0.15, 0.2) is 0 Å². The van der Waals surface area contributed by atoms with E-state index in [0.717, 1.165) is 34.3 Å². The zero-order chi connectivity index (χ0) is 20.1. The van der Waals surface area contributed by atoms with Crippen molar-refractivity contribution < 1.29 is 9.59 Å². The van der Waals surface area contributed by atoms with Gasteiger partial charge in [0.2, 0.25) is 11.8 Å². The summed E-state index contributed by atoms with van der Waals surface area (Å²) in [6.07, 6.45) is 1.27. The molecule has 0 aliphatic carbocycles. The van der Waals surface area contributed by atoms with Gasteiger partial charge in [-0.2, -0.15) is 0 Å². The smallest absolute Gasteiger partial charge is 0.244 e. The summed E-state index contributed by atoms with van der Waals surface area (Å²) in [6, 6.07) is 13.6. The average Bonchev–Trinajstić information content (AvgIpc) is 2.97. The van der Waals surface area contributed by atoms with Crippen LogP contribution >= 0.6 is 0 Å². The molecule has 0 aliphatic heterocycles. The summed E-state index contributed by atoms with van der Waals surface area (Å²) >= 11 is 0. The van der Waals surface area contributed by atoms with E-state index in [4.69, 9.17) is 0 Å². The van der Waals surface area contributed by atoms with E-state index >= 15 is 0 Å². The molecule has 2 amide bonds. The van der Waals surface area contributed by atoms with Gasteiger partial charge in [-0.1, -0.05) is 25.1 Å². The van der Waals surface area contributed by atoms with Gasteiger partial charge in [0.05, 0.1) is 17.6 Å². The van der Waals surface area contributed by atoms with Crippen LogP contribution in [0.5, 0.6) is 0 Å². The van der Waals surface area contributed by atoms with E-state index in [1.54, 1.807) is 0 Å². The fraction of sp³-hybridized carbons (Fsp3) is 0.318. The minimum absolute atomic E-state index is 0.0132. The molecule has 0 saturated heterocycles. The molecular weight excluding hydrogens is 352 g/mol. The Balaban J connectivity index is 1.81. The SMILES string of the molecule is CCCC(=O)NCc1nc2ccccc2n1CC(=O)Nc1cc(C)cc(C)c1. The molecule has 1 heterocycles. The van der Waals surface area contributed by atoms with Crippen LogP contribution < -0.4 is 10.6 Å². The molecule has 0 atom stereocenters. The number of nitrogens with one attached hydrogen (secondary N) is 2. The van der Waals surface area contributed by atoms with Crippen LogP contribution in [0.4, 0.5) is 5.69 Å². The number of nitrogens with zero attached hydrogens (tertiary/aromatic N) is 2. The maximum absolute atomic E-state index is 12.7. The van der Waals surface area contributed by atoms with Crippen LogP contribution in [-0.2, 0) is 22.7 Å². The van der Waals surface area contributed by atoms with Gasteiger partial charge in [-0.3, -0.25) is 9.59 Å². The monoisotopic (exact) mass is 378 g/mol. The van der Waals surface area contributed by atoms with E-state index in [0.29, 0.717) is 18.8 Å². The molecule has 6 heteroatoms. The third kappa shape index (κ3) is 4.76. The van der Waals surface area contributed by atoms with Gasteiger partial charge >= 0.3 is 0 Å². The second-order valence-corrected chi connectivity index (χ2v) is 7.05. The molecule has 28 heavy (non-hydrogen) atoms. The van der Waals surface area contributed by atoms with E-state index in [1.807, 2.05) is 61.7 Å². The lowest BCUT2D eigenvalue weighted by Gasteiger charge is -2.12. The number of carbonyl (C=O) groups is 2. The summed E-state index contributed by atoms with van der Waals surface area (Å²) in [4.78, 5) is 29.1. The topological polar surface area (TPSA) is 76.0 Å². The van der Waals surface area contributed by atoms with Crippen molar-refractivity contribution >= 4 is 28.5 Å². The largest absolute Gasteiger partial charge is 0.349 e. The average molecular weight is 378 g/mol. The fourth-order valence-electron chi connectivity index (χ4n) is 3.32. The summed E-state index contributed by atoms with van der Waals surface area (Å²) in [7, 11) is 0. The molecule has 0 unspecified atom stereocenters. The number of fused-ring (bicyclic) bond motifs is 1. The van der Waals surface area contributed by atoms with Crippen LogP contribution in [0.25, 0.3) is 11.0 Å². The van der Waals surface area contributed by atoms with Gasteiger partial charge in [0.1, 0.15) is 12.4 Å². The van der Waals surface area contributed by atoms with Gasteiger partial charge in [-0.15, -0.1) is 0 Å². The van der Waals surface area contributed by atoms with Crippen molar-refractivity contribution in [1.82, 2.24) is 14.9 Å². The molecule has 0 bridgehead atoms. The molecule has 0 fully saturated rings. The number of imidazole rings is 1. The zero-order valence-electron chi connectivity index (χ0n) is 16.6. The molecule has 0 saturated carbocycles. The van der Waals surface area contributed by atoms with E-state index in [1.165, 1.54) is 0 Å². The lowest BCUT2D eigenvalue weighted by Crippen LogP contribution is -2.26. The molecule has 3 rings (SSSR count). The quantitative estimate of drug-likeness (QED) is 0.658. The number of amides is 2. The second kappa shape index (κ2) is 8.69. The first-order valence-corrected chi connectivity index (χ1v) is 9.55. The van der Waals surface area contributed by atoms with Gasteiger partial charge in [-0.25, -0.2) is 4.98 Å². The number of benzene rings is 2. The first kappa shape index (κ1) is 19.6. The Hall–Kier alpha value is -3.15. The number of anilines is 1. The van der Waals surface area contributed by atoms with Gasteiger partial charge in [0, 0.05) is 12.1 Å². The summed E-state index contributed by atoms with van der Waals surface area (Å²) in [5.41, 5.74) is 4.66. The normalized spacial score (nSPS) is 10.8. The fourth-order valence-corrected chi connectivity index (χ4v) is 3.32. The van der Waals surface area contributed by atoms with Crippen LogP contribution in [0, 0.1) is 13.8 Å². The lowest BCUT2D eigenvalue weighted by atomic mass is 10.1. The third-order valence-corrected chi connectivity index (χ3v) is 4.46. The highest BCUT2D eigenvalue weighted by atomic mass is 16.2. The highest BCUT2D eigenvalue weighted by molar-refractivity contribution is 5.92. The Morgan fingerprint density at radius 1 is 1.04 bits per heavy atom. The van der Waals surface area contributed by atoms with Gasteiger partial charge in [0.25, 0.3) is 0 Å². The van der Waals surface area contributed by atoms with E-state index in [-0.39, 0.29) is 18.4 Å². The second-order valence-electron chi connectivity index (χ2n) is 7.05. The van der Waals surface area contributed by atoms with Crippen LogP contribution in [0.3, 0.4) is 0 Å². The number of carbonyl (C=O) groups excluding carboxylic acids is 2. The first-order chi connectivity index (χ1) is 13.5. The molecule has 0 aliphatic rings. The highest BCUT2D eigenvalue weighted by Crippen LogP contribution is 2.18. The van der Waals surface area contributed by atoms with E-state index in [9.17, 15) is 9.59 Å². The number of hydrogen-bond acceptors (Lipinski definition) is 3. The molecule has 2 aromatic carbocycles. The third-order valence-electron chi connectivity index (χ3n) is 4.46. The molecule has 1 aromatic heterocycles. The van der Waals surface area contributed by atoms with Crippen LogP contribution in [0.2, 0.25) is 0 Å². The predicted molar refractivity (Wildman–Crippen MR) is 111 cm³/mol. The molecule has 2 N–H and O–H groups in total. The molecule has 0 radical (unpaired) electrons. The summed E-state index contributed by atoms with van der Waals surface area (Å²) in [6.45, 7) is 6.40. The minimum atomic E-state index is -0.130. The van der Waals surface area contributed by atoms with Crippen LogP contribution in [0.15, 0.2) is 42.5 Å². The minimum Gasteiger partial charge on any atom is -0.349 e. The van der Waals surface area contributed by atoms with Gasteiger partial charge < -0.3 is 15.2 Å². The van der Waals surface area contributed by atoms with Crippen molar-refractivity contribution in [2.24, 2.45) is 0 Å². The number of para-hydroxylation sites is 2. The Bertz CT molecular complexity index is 987. The number of hydrogen-bond donors (Lipinski definition) is 2. The van der Waals surface area contributed by atoms with E-state index in [2.05, 4.69) is 21.7 Å². The Kier molecular flexibility index (Phi) is 6.09. The standard InChI is InChI=1S/C22H26N4O2/c1-4-7-21(27)23-13-20-25-18-8-5-6-9-19(18)26(20)14-22(28)24-17-11-15(2)10-16(3)12-17/h5-6,8-12H,4,7,13-14H2,1-3H3,(H,23,27)(H,24,28). The first-order valence-electron chi connectivity index (χ1n) is 9.55. The molecular formula is C22H26N4O2. The molecule has 146 valence electrons.